The molecule has 1 heterocycles. The minimum atomic E-state index is -0.483. The van der Waals surface area contributed by atoms with Gasteiger partial charge in [-0.25, -0.2) is 0 Å². The topological polar surface area (TPSA) is 44.5 Å². The van der Waals surface area contributed by atoms with E-state index < -0.39 is 5.79 Å². The molecule has 2 N–H and O–H groups in total. The fraction of sp³-hybridized carbons (Fsp3) is 0.500. The highest BCUT2D eigenvalue weighted by Crippen LogP contribution is 2.46. The molecule has 1 aliphatic heterocycles. The van der Waals surface area contributed by atoms with Gasteiger partial charge in [-0.2, -0.15) is 0 Å². The Labute approximate surface area is 99.5 Å². The molecule has 1 fully saturated rings. The number of ether oxygens (including phenoxy) is 2. The molecule has 86 valence electrons. The van der Waals surface area contributed by atoms with Crippen molar-refractivity contribution in [2.24, 2.45) is 5.73 Å². The van der Waals surface area contributed by atoms with Crippen molar-refractivity contribution in [1.29, 1.82) is 0 Å². The first-order valence-corrected chi connectivity index (χ1v) is 5.98. The molecule has 1 aromatic carbocycles. The van der Waals surface area contributed by atoms with Gasteiger partial charge in [-0.3, -0.25) is 0 Å². The van der Waals surface area contributed by atoms with Crippen molar-refractivity contribution in [2.75, 3.05) is 0 Å². The standard InChI is InChI=1S/C12H14ClNO2/c13-8-1-2-10-11(7-8)16-12(15-10)5-3-9(14)4-6-12/h1-2,7,9H,3-6,14H2. The maximum atomic E-state index is 5.92. The maximum Gasteiger partial charge on any atom is 0.251 e. The van der Waals surface area contributed by atoms with Crippen LogP contribution in [0.4, 0.5) is 0 Å². The highest BCUT2D eigenvalue weighted by Gasteiger charge is 2.43. The molecule has 4 heteroatoms. The normalized spacial score (nSPS) is 32.0. The molecule has 0 aromatic heterocycles. The predicted molar refractivity (Wildman–Crippen MR) is 61.9 cm³/mol. The van der Waals surface area contributed by atoms with Crippen LogP contribution >= 0.6 is 11.6 Å². The molecule has 0 amide bonds. The van der Waals surface area contributed by atoms with Crippen LogP contribution in [0, 0.1) is 0 Å². The third-order valence-electron chi connectivity index (χ3n) is 3.29. The second-order valence-electron chi connectivity index (χ2n) is 4.54. The Balaban J connectivity index is 1.84. The van der Waals surface area contributed by atoms with Gasteiger partial charge >= 0.3 is 0 Å². The van der Waals surface area contributed by atoms with Crippen LogP contribution in [-0.4, -0.2) is 11.8 Å². The monoisotopic (exact) mass is 239 g/mol. The van der Waals surface area contributed by atoms with Crippen molar-refractivity contribution >= 4 is 11.6 Å². The largest absolute Gasteiger partial charge is 0.448 e. The number of fused-ring (bicyclic) bond motifs is 1. The maximum absolute atomic E-state index is 5.92. The van der Waals surface area contributed by atoms with Crippen LogP contribution in [0.5, 0.6) is 11.5 Å². The predicted octanol–water partition coefficient (Wildman–Crippen LogP) is 2.71. The number of hydrogen-bond acceptors (Lipinski definition) is 3. The quantitative estimate of drug-likeness (QED) is 0.757. The van der Waals surface area contributed by atoms with E-state index in [9.17, 15) is 0 Å². The lowest BCUT2D eigenvalue weighted by molar-refractivity contribution is -0.107. The molecule has 1 aromatic rings. The van der Waals surface area contributed by atoms with Crippen molar-refractivity contribution in [1.82, 2.24) is 0 Å². The number of hydrogen-bond donors (Lipinski definition) is 1. The summed E-state index contributed by atoms with van der Waals surface area (Å²) in [4.78, 5) is 0. The van der Waals surface area contributed by atoms with Gasteiger partial charge in [0.25, 0.3) is 5.79 Å². The second-order valence-corrected chi connectivity index (χ2v) is 4.98. The summed E-state index contributed by atoms with van der Waals surface area (Å²) in [6.45, 7) is 0. The second kappa shape index (κ2) is 3.54. The fourth-order valence-corrected chi connectivity index (χ4v) is 2.51. The Morgan fingerprint density at radius 2 is 1.88 bits per heavy atom. The lowest BCUT2D eigenvalue weighted by Gasteiger charge is -2.33. The molecule has 3 nitrogen and oxygen atoms in total. The molecule has 16 heavy (non-hydrogen) atoms. The van der Waals surface area contributed by atoms with E-state index in [4.69, 9.17) is 26.8 Å². The summed E-state index contributed by atoms with van der Waals surface area (Å²) in [5, 5.41) is 0.673. The van der Waals surface area contributed by atoms with E-state index in [1.54, 1.807) is 6.07 Å². The minimum Gasteiger partial charge on any atom is -0.448 e. The third-order valence-corrected chi connectivity index (χ3v) is 3.52. The molecular weight excluding hydrogens is 226 g/mol. The summed E-state index contributed by atoms with van der Waals surface area (Å²) in [5.74, 6) is 1.06. The molecule has 3 rings (SSSR count). The van der Waals surface area contributed by atoms with Crippen molar-refractivity contribution in [3.8, 4) is 11.5 Å². The lowest BCUT2D eigenvalue weighted by atomic mass is 9.91. The van der Waals surface area contributed by atoms with Gasteiger partial charge in [0, 0.05) is 30.0 Å². The lowest BCUT2D eigenvalue weighted by Crippen LogP contribution is -2.45. The van der Waals surface area contributed by atoms with Crippen LogP contribution in [-0.2, 0) is 0 Å². The van der Waals surface area contributed by atoms with Crippen LogP contribution < -0.4 is 15.2 Å². The smallest absolute Gasteiger partial charge is 0.251 e. The van der Waals surface area contributed by atoms with E-state index in [1.165, 1.54) is 0 Å². The van der Waals surface area contributed by atoms with E-state index in [2.05, 4.69) is 0 Å². The van der Waals surface area contributed by atoms with Crippen molar-refractivity contribution in [3.63, 3.8) is 0 Å². The molecule has 0 unspecified atom stereocenters. The van der Waals surface area contributed by atoms with Gasteiger partial charge in [-0.15, -0.1) is 0 Å². The van der Waals surface area contributed by atoms with Crippen LogP contribution in [0.25, 0.3) is 0 Å². The molecular formula is C12H14ClNO2. The molecule has 2 aliphatic rings. The molecule has 0 radical (unpaired) electrons. The molecule has 0 saturated heterocycles. The summed E-state index contributed by atoms with van der Waals surface area (Å²) in [7, 11) is 0. The van der Waals surface area contributed by atoms with Crippen LogP contribution in [0.3, 0.4) is 0 Å². The first-order chi connectivity index (χ1) is 7.67. The summed E-state index contributed by atoms with van der Waals surface area (Å²) < 4.78 is 11.8. The molecule has 0 atom stereocenters. The first-order valence-electron chi connectivity index (χ1n) is 5.60. The van der Waals surface area contributed by atoms with Gasteiger partial charge in [0.15, 0.2) is 11.5 Å². The summed E-state index contributed by atoms with van der Waals surface area (Å²) >= 11 is 5.92. The summed E-state index contributed by atoms with van der Waals surface area (Å²) in [6, 6.07) is 5.77. The van der Waals surface area contributed by atoms with E-state index in [1.807, 2.05) is 12.1 Å². The van der Waals surface area contributed by atoms with Gasteiger partial charge in [-0.05, 0) is 25.0 Å². The summed E-state index contributed by atoms with van der Waals surface area (Å²) in [5.41, 5.74) is 5.88. The highest BCUT2D eigenvalue weighted by molar-refractivity contribution is 6.30. The van der Waals surface area contributed by atoms with E-state index in [0.717, 1.165) is 37.2 Å². The average Bonchev–Trinajstić information content (AvgIpc) is 2.60. The zero-order valence-electron chi connectivity index (χ0n) is 8.91. The third kappa shape index (κ3) is 1.64. The SMILES string of the molecule is NC1CCC2(CC1)Oc1ccc(Cl)cc1O2. The minimum absolute atomic E-state index is 0.283. The Bertz CT molecular complexity index is 413. The van der Waals surface area contributed by atoms with Gasteiger partial charge in [-0.1, -0.05) is 11.6 Å². The molecule has 0 bridgehead atoms. The number of benzene rings is 1. The molecule has 1 saturated carbocycles. The van der Waals surface area contributed by atoms with Gasteiger partial charge in [0.1, 0.15) is 0 Å². The van der Waals surface area contributed by atoms with Gasteiger partial charge < -0.3 is 15.2 Å². The van der Waals surface area contributed by atoms with E-state index in [0.29, 0.717) is 5.02 Å². The first kappa shape index (κ1) is 10.2. The van der Waals surface area contributed by atoms with Crippen LogP contribution in [0.2, 0.25) is 5.02 Å². The summed E-state index contributed by atoms with van der Waals surface area (Å²) in [6.07, 6.45) is 3.59. The van der Waals surface area contributed by atoms with Gasteiger partial charge in [0.2, 0.25) is 0 Å². The van der Waals surface area contributed by atoms with Crippen LogP contribution in [0.1, 0.15) is 25.7 Å². The number of rotatable bonds is 0. The zero-order chi connectivity index (χ0) is 11.2. The molecule has 1 spiro atoms. The van der Waals surface area contributed by atoms with E-state index in [-0.39, 0.29) is 6.04 Å². The van der Waals surface area contributed by atoms with Crippen LogP contribution in [0.15, 0.2) is 18.2 Å². The number of nitrogens with two attached hydrogens (primary N) is 1. The zero-order valence-corrected chi connectivity index (χ0v) is 9.67. The van der Waals surface area contributed by atoms with Gasteiger partial charge in [0.05, 0.1) is 0 Å². The van der Waals surface area contributed by atoms with Crippen molar-refractivity contribution < 1.29 is 9.47 Å². The highest BCUT2D eigenvalue weighted by atomic mass is 35.5. The average molecular weight is 240 g/mol. The Hall–Kier alpha value is -0.930. The number of halogens is 1. The fourth-order valence-electron chi connectivity index (χ4n) is 2.35. The Morgan fingerprint density at radius 3 is 2.62 bits per heavy atom. The van der Waals surface area contributed by atoms with E-state index >= 15 is 0 Å². The van der Waals surface area contributed by atoms with Crippen molar-refractivity contribution in [2.45, 2.75) is 37.5 Å². The Kier molecular flexibility index (Phi) is 2.26. The Morgan fingerprint density at radius 1 is 1.19 bits per heavy atom. The molecule has 1 aliphatic carbocycles. The van der Waals surface area contributed by atoms with Crippen molar-refractivity contribution in [3.05, 3.63) is 23.2 Å².